The first-order valence-corrected chi connectivity index (χ1v) is 17.0. The molecule has 8 rings (SSSR count). The van der Waals surface area contributed by atoms with Crippen LogP contribution in [0.25, 0.3) is 67.8 Å². The zero-order chi connectivity index (χ0) is 34.1. The molecule has 50 heavy (non-hydrogen) atoms. The summed E-state index contributed by atoms with van der Waals surface area (Å²) in [6, 6.07) is 52.0. The number of hydrogen-bond acceptors (Lipinski definition) is 6. The number of nitrogens with zero attached hydrogens (tertiary/aromatic N) is 6. The quantitative estimate of drug-likeness (QED) is 0.158. The Labute approximate surface area is 303 Å². The van der Waals surface area contributed by atoms with Gasteiger partial charge in [0.05, 0.1) is 11.4 Å². The van der Waals surface area contributed by atoms with Crippen molar-refractivity contribution in [3.05, 3.63) is 180 Å². The van der Waals surface area contributed by atoms with Crippen LogP contribution >= 0.6 is 27.5 Å². The fraction of sp³-hybridized carbons (Fsp3) is 0. The van der Waals surface area contributed by atoms with E-state index in [1.165, 1.54) is 0 Å². The largest absolute Gasteiger partial charge is 0.265 e. The summed E-state index contributed by atoms with van der Waals surface area (Å²) in [4.78, 5) is 26.9. The van der Waals surface area contributed by atoms with Crippen molar-refractivity contribution in [3.63, 3.8) is 0 Å². The first kappa shape index (κ1) is 32.6. The highest BCUT2D eigenvalue weighted by Gasteiger charge is 2.12. The van der Waals surface area contributed by atoms with E-state index < -0.39 is 0 Å². The van der Waals surface area contributed by atoms with Crippen LogP contribution in [0.4, 0.5) is 0 Å². The summed E-state index contributed by atoms with van der Waals surface area (Å²) in [5.74, 6) is 2.00. The Kier molecular flexibility index (Phi) is 10.2. The van der Waals surface area contributed by atoms with E-state index in [-0.39, 0.29) is 5.28 Å². The van der Waals surface area contributed by atoms with E-state index in [1.54, 1.807) is 12.4 Å². The molecule has 0 amide bonds. The Balaban J connectivity index is 0.000000157. The topological polar surface area (TPSA) is 77.3 Å². The number of benzene rings is 5. The van der Waals surface area contributed by atoms with Crippen LogP contribution in [0.3, 0.4) is 0 Å². The standard InChI is InChI=1S/C21H14BrN3.C21H14ClN3/c22-18-13-7-12-17(14-18)21-24-19(15-8-3-1-4-9-15)23-20(25-21)16-10-5-2-6-11-16;22-21-24-19(16-5-2-1-3-6-16)14-20(25-21)18-8-4-7-17(13-18)15-9-11-23-12-10-15/h2*1-14H. The molecular weight excluding hydrogens is 704 g/mol. The van der Waals surface area contributed by atoms with Crippen molar-refractivity contribution in [2.24, 2.45) is 0 Å². The van der Waals surface area contributed by atoms with Gasteiger partial charge in [-0.05, 0) is 59.1 Å². The lowest BCUT2D eigenvalue weighted by Gasteiger charge is -2.08. The predicted octanol–water partition coefficient (Wildman–Crippen LogP) is 11.2. The second kappa shape index (κ2) is 15.6. The van der Waals surface area contributed by atoms with Crippen LogP contribution in [0.2, 0.25) is 5.28 Å². The van der Waals surface area contributed by atoms with Gasteiger partial charge >= 0.3 is 0 Å². The van der Waals surface area contributed by atoms with Crippen LogP contribution in [0.1, 0.15) is 0 Å². The van der Waals surface area contributed by atoms with Crippen molar-refractivity contribution in [1.29, 1.82) is 0 Å². The molecule has 0 spiro atoms. The summed E-state index contributed by atoms with van der Waals surface area (Å²) in [7, 11) is 0. The van der Waals surface area contributed by atoms with Gasteiger partial charge in [-0.1, -0.05) is 137 Å². The summed E-state index contributed by atoms with van der Waals surface area (Å²) in [5.41, 5.74) is 8.73. The molecule has 6 nitrogen and oxygen atoms in total. The Hall–Kier alpha value is -5.89. The SMILES string of the molecule is Brc1cccc(-c2nc(-c3ccccc3)nc(-c3ccccc3)n2)c1.Clc1nc(-c2ccccc2)cc(-c2cccc(-c3ccncc3)c2)n1. The van der Waals surface area contributed by atoms with E-state index in [4.69, 9.17) is 21.6 Å². The van der Waals surface area contributed by atoms with Crippen LogP contribution in [0.5, 0.6) is 0 Å². The van der Waals surface area contributed by atoms with Gasteiger partial charge in [-0.2, -0.15) is 0 Å². The Morgan fingerprint density at radius 2 is 0.820 bits per heavy atom. The minimum absolute atomic E-state index is 0.241. The molecule has 0 unspecified atom stereocenters. The van der Waals surface area contributed by atoms with Gasteiger partial charge in [0.25, 0.3) is 0 Å². The Morgan fingerprint density at radius 3 is 1.40 bits per heavy atom. The van der Waals surface area contributed by atoms with Crippen molar-refractivity contribution in [2.75, 3.05) is 0 Å². The molecule has 3 aromatic heterocycles. The van der Waals surface area contributed by atoms with Crippen molar-refractivity contribution in [3.8, 4) is 67.8 Å². The van der Waals surface area contributed by atoms with E-state index >= 15 is 0 Å². The summed E-state index contributed by atoms with van der Waals surface area (Å²) < 4.78 is 0.993. The van der Waals surface area contributed by atoms with Gasteiger partial charge < -0.3 is 0 Å². The minimum Gasteiger partial charge on any atom is -0.265 e. The van der Waals surface area contributed by atoms with Gasteiger partial charge in [-0.15, -0.1) is 0 Å². The smallest absolute Gasteiger partial charge is 0.223 e. The first-order chi connectivity index (χ1) is 24.6. The molecule has 0 saturated heterocycles. The van der Waals surface area contributed by atoms with Gasteiger partial charge in [-0.3, -0.25) is 4.98 Å². The molecule has 5 aromatic carbocycles. The zero-order valence-corrected chi connectivity index (χ0v) is 28.9. The molecule has 0 N–H and O–H groups in total. The summed E-state index contributed by atoms with van der Waals surface area (Å²) in [5, 5.41) is 0.241. The maximum Gasteiger partial charge on any atom is 0.223 e. The molecule has 0 aliphatic carbocycles. The van der Waals surface area contributed by atoms with Crippen molar-refractivity contribution < 1.29 is 0 Å². The molecule has 0 aliphatic rings. The molecule has 8 aromatic rings. The number of rotatable bonds is 6. The minimum atomic E-state index is 0.241. The van der Waals surface area contributed by atoms with Gasteiger partial charge in [0.2, 0.25) is 5.28 Å². The summed E-state index contributed by atoms with van der Waals surface area (Å²) >= 11 is 9.69. The second-order valence-electron chi connectivity index (χ2n) is 11.1. The molecule has 0 radical (unpaired) electrons. The average molecular weight is 732 g/mol. The molecule has 0 saturated carbocycles. The highest BCUT2D eigenvalue weighted by Crippen LogP contribution is 2.29. The molecule has 8 heteroatoms. The number of pyridine rings is 1. The zero-order valence-electron chi connectivity index (χ0n) is 26.6. The van der Waals surface area contributed by atoms with Crippen LogP contribution in [-0.4, -0.2) is 29.9 Å². The molecule has 240 valence electrons. The van der Waals surface area contributed by atoms with Crippen molar-refractivity contribution >= 4 is 27.5 Å². The second-order valence-corrected chi connectivity index (χ2v) is 12.4. The first-order valence-electron chi connectivity index (χ1n) is 15.8. The molecule has 0 atom stereocenters. The van der Waals surface area contributed by atoms with Gasteiger partial charge in [0, 0.05) is 44.7 Å². The third-order valence-electron chi connectivity index (χ3n) is 7.72. The Morgan fingerprint density at radius 1 is 0.360 bits per heavy atom. The number of aromatic nitrogens is 6. The van der Waals surface area contributed by atoms with Crippen LogP contribution < -0.4 is 0 Å². The molecule has 0 bridgehead atoms. The molecule has 0 fully saturated rings. The van der Waals surface area contributed by atoms with Crippen LogP contribution in [-0.2, 0) is 0 Å². The average Bonchev–Trinajstić information content (AvgIpc) is 3.19. The lowest BCUT2D eigenvalue weighted by molar-refractivity contribution is 1.07. The third kappa shape index (κ3) is 8.04. The van der Waals surface area contributed by atoms with E-state index in [0.29, 0.717) is 17.5 Å². The van der Waals surface area contributed by atoms with E-state index in [9.17, 15) is 0 Å². The van der Waals surface area contributed by atoms with Crippen LogP contribution in [0.15, 0.2) is 175 Å². The highest BCUT2D eigenvalue weighted by molar-refractivity contribution is 9.10. The van der Waals surface area contributed by atoms with E-state index in [1.807, 2.05) is 146 Å². The number of hydrogen-bond donors (Lipinski definition) is 0. The normalized spacial score (nSPS) is 10.6. The van der Waals surface area contributed by atoms with Crippen molar-refractivity contribution in [2.45, 2.75) is 0 Å². The van der Waals surface area contributed by atoms with Crippen LogP contribution in [0, 0.1) is 0 Å². The van der Waals surface area contributed by atoms with E-state index in [2.05, 4.69) is 48.0 Å². The lowest BCUT2D eigenvalue weighted by atomic mass is 10.0. The predicted molar refractivity (Wildman–Crippen MR) is 205 cm³/mol. The van der Waals surface area contributed by atoms with Gasteiger partial charge in [-0.25, -0.2) is 24.9 Å². The maximum absolute atomic E-state index is 6.18. The monoisotopic (exact) mass is 730 g/mol. The van der Waals surface area contributed by atoms with Gasteiger partial charge in [0.15, 0.2) is 17.5 Å². The number of halogens is 2. The van der Waals surface area contributed by atoms with E-state index in [0.717, 1.165) is 54.8 Å². The third-order valence-corrected chi connectivity index (χ3v) is 8.38. The maximum atomic E-state index is 6.18. The fourth-order valence-electron chi connectivity index (χ4n) is 5.29. The summed E-state index contributed by atoms with van der Waals surface area (Å²) in [6.45, 7) is 0. The lowest BCUT2D eigenvalue weighted by Crippen LogP contribution is -2.00. The van der Waals surface area contributed by atoms with Gasteiger partial charge in [0.1, 0.15) is 0 Å². The highest BCUT2D eigenvalue weighted by atomic mass is 79.9. The van der Waals surface area contributed by atoms with Crippen molar-refractivity contribution in [1.82, 2.24) is 29.9 Å². The molecule has 0 aliphatic heterocycles. The molecular formula is C42H28BrClN6. The molecule has 3 heterocycles. The fourth-order valence-corrected chi connectivity index (χ4v) is 5.87. The Bertz CT molecular complexity index is 2280. The summed E-state index contributed by atoms with van der Waals surface area (Å²) in [6.07, 6.45) is 3.58.